The van der Waals surface area contributed by atoms with Gasteiger partial charge in [0, 0.05) is 35.0 Å². The molecule has 1 aromatic heterocycles. The molecular weight excluding hydrogens is 561 g/mol. The van der Waals surface area contributed by atoms with E-state index in [2.05, 4.69) is 20.6 Å². The van der Waals surface area contributed by atoms with Gasteiger partial charge in [-0.05, 0) is 37.6 Å². The van der Waals surface area contributed by atoms with Crippen LogP contribution in [-0.2, 0) is 21.6 Å². The number of aromatic nitrogens is 1. The smallest absolute Gasteiger partial charge is 0.425 e. The number of thiazole rings is 1. The molecule has 2 N–H and O–H groups in total. The maximum absolute atomic E-state index is 14.4. The Bertz CT molecular complexity index is 1420. The molecule has 13 heteroatoms. The number of fused-ring (bicyclic) bond motifs is 1. The van der Waals surface area contributed by atoms with Crippen molar-refractivity contribution in [3.8, 4) is 11.5 Å². The second-order valence-electron chi connectivity index (χ2n) is 9.77. The number of nitrogens with zero attached hydrogens (tertiary/aromatic N) is 2. The van der Waals surface area contributed by atoms with Gasteiger partial charge in [-0.15, -0.1) is 11.3 Å². The van der Waals surface area contributed by atoms with Gasteiger partial charge in [0.05, 0.1) is 26.9 Å². The van der Waals surface area contributed by atoms with Gasteiger partial charge in [-0.3, -0.25) is 10.1 Å². The van der Waals surface area contributed by atoms with Crippen molar-refractivity contribution in [2.45, 2.75) is 43.8 Å². The van der Waals surface area contributed by atoms with Gasteiger partial charge in [0.15, 0.2) is 0 Å². The van der Waals surface area contributed by atoms with Crippen LogP contribution in [0, 0.1) is 5.92 Å². The van der Waals surface area contributed by atoms with Crippen LogP contribution >= 0.6 is 11.3 Å². The van der Waals surface area contributed by atoms with E-state index in [1.807, 2.05) is 6.07 Å². The number of carbonyl (C=O) groups is 1. The van der Waals surface area contributed by atoms with Crippen LogP contribution in [0.1, 0.15) is 34.3 Å². The number of amidine groups is 1. The molecular formula is C28H29F3N4O5S. The van der Waals surface area contributed by atoms with E-state index < -0.39 is 41.8 Å². The fourth-order valence-corrected chi connectivity index (χ4v) is 5.98. The number of ether oxygens (including phenoxy) is 4. The Morgan fingerprint density at radius 3 is 2.66 bits per heavy atom. The Labute approximate surface area is 238 Å². The number of hydrogen-bond donors (Lipinski definition) is 2. The van der Waals surface area contributed by atoms with Crippen molar-refractivity contribution >= 4 is 29.1 Å². The topological polar surface area (TPSA) is 103 Å². The van der Waals surface area contributed by atoms with Crippen molar-refractivity contribution in [2.24, 2.45) is 10.9 Å². The summed E-state index contributed by atoms with van der Waals surface area (Å²) in [5, 5.41) is 7.66. The molecule has 3 heterocycles. The van der Waals surface area contributed by atoms with Gasteiger partial charge in [0.2, 0.25) is 6.10 Å². The summed E-state index contributed by atoms with van der Waals surface area (Å²) in [4.78, 5) is 22.0. The van der Waals surface area contributed by atoms with Crippen LogP contribution in [0.5, 0.6) is 11.5 Å². The van der Waals surface area contributed by atoms with Crippen molar-refractivity contribution in [3.05, 3.63) is 70.0 Å². The standard InChI is InChI=1S/C28H29F3N4O5S/c1-16-11-20-23(28(29,30)31)40-26(34-24(36)17-7-5-4-6-8-17)35-27(20,15-39-16)25-33-22(14-41-25)32-13-18-9-10-19(37-2)12-21(18)38-3/h4-10,12,14,16,20,23,32H,11,13,15H2,1-3H3,(H,34,35,36)/t16-,20-,23-,27-/m0/s1. The summed E-state index contributed by atoms with van der Waals surface area (Å²) in [6.45, 7) is 1.90. The molecule has 0 bridgehead atoms. The summed E-state index contributed by atoms with van der Waals surface area (Å²) in [5.74, 6) is -0.0515. The zero-order valence-corrected chi connectivity index (χ0v) is 23.3. The first-order valence-corrected chi connectivity index (χ1v) is 13.7. The summed E-state index contributed by atoms with van der Waals surface area (Å²) < 4.78 is 65.1. The van der Waals surface area contributed by atoms with E-state index in [1.165, 1.54) is 11.3 Å². The summed E-state index contributed by atoms with van der Waals surface area (Å²) >= 11 is 1.17. The Morgan fingerprint density at radius 1 is 1.17 bits per heavy atom. The third kappa shape index (κ3) is 5.96. The van der Waals surface area contributed by atoms with Crippen LogP contribution in [0.15, 0.2) is 58.9 Å². The second-order valence-corrected chi connectivity index (χ2v) is 10.6. The summed E-state index contributed by atoms with van der Waals surface area (Å²) in [7, 11) is 3.11. The molecule has 1 amide bonds. The molecule has 2 aliphatic heterocycles. The van der Waals surface area contributed by atoms with Crippen LogP contribution in [0.4, 0.5) is 19.0 Å². The Morgan fingerprint density at radius 2 is 1.95 bits per heavy atom. The number of rotatable bonds is 7. The lowest BCUT2D eigenvalue weighted by Crippen LogP contribution is -2.60. The molecule has 41 heavy (non-hydrogen) atoms. The number of aliphatic imine (C=N–C) groups is 1. The predicted molar refractivity (Wildman–Crippen MR) is 146 cm³/mol. The molecule has 2 aromatic carbocycles. The monoisotopic (exact) mass is 590 g/mol. The minimum absolute atomic E-state index is 0.0407. The average Bonchev–Trinajstić information content (AvgIpc) is 3.45. The lowest BCUT2D eigenvalue weighted by atomic mass is 9.75. The van der Waals surface area contributed by atoms with Gasteiger partial charge in [-0.25, -0.2) is 9.98 Å². The second kappa shape index (κ2) is 11.6. The number of carbonyl (C=O) groups excluding carboxylic acids is 1. The fourth-order valence-electron chi connectivity index (χ4n) is 5.01. The van der Waals surface area contributed by atoms with Crippen LogP contribution in [0.2, 0.25) is 0 Å². The maximum Gasteiger partial charge on any atom is 0.425 e. The third-order valence-electron chi connectivity index (χ3n) is 7.10. The Balaban J connectivity index is 1.47. The highest BCUT2D eigenvalue weighted by Gasteiger charge is 2.61. The Kier molecular flexibility index (Phi) is 8.09. The molecule has 0 aliphatic carbocycles. The summed E-state index contributed by atoms with van der Waals surface area (Å²) in [6.07, 6.45) is -7.35. The maximum atomic E-state index is 14.4. The molecule has 0 spiro atoms. The molecule has 5 rings (SSSR count). The molecule has 1 saturated heterocycles. The zero-order valence-electron chi connectivity index (χ0n) is 22.5. The third-order valence-corrected chi connectivity index (χ3v) is 8.11. The number of halogens is 3. The number of methoxy groups -OCH3 is 2. The van der Waals surface area contributed by atoms with Crippen molar-refractivity contribution < 1.29 is 36.9 Å². The fraction of sp³-hybridized carbons (Fsp3) is 0.393. The van der Waals surface area contributed by atoms with Gasteiger partial charge in [0.25, 0.3) is 11.9 Å². The first-order valence-electron chi connectivity index (χ1n) is 12.8. The van der Waals surface area contributed by atoms with E-state index in [9.17, 15) is 18.0 Å². The minimum Gasteiger partial charge on any atom is -0.497 e. The minimum atomic E-state index is -4.73. The Hall–Kier alpha value is -3.84. The summed E-state index contributed by atoms with van der Waals surface area (Å²) in [5.41, 5.74) is -0.435. The molecule has 2 aliphatic rings. The van der Waals surface area contributed by atoms with Crippen LogP contribution in [-0.4, -0.2) is 56.1 Å². The van der Waals surface area contributed by atoms with E-state index in [0.717, 1.165) is 5.56 Å². The van der Waals surface area contributed by atoms with Crippen molar-refractivity contribution in [1.82, 2.24) is 10.3 Å². The van der Waals surface area contributed by atoms with E-state index in [-0.39, 0.29) is 18.6 Å². The number of amides is 1. The normalized spacial score (nSPS) is 24.0. The zero-order chi connectivity index (χ0) is 29.2. The number of nitrogens with one attached hydrogen (secondary N) is 2. The predicted octanol–water partition coefficient (Wildman–Crippen LogP) is 5.14. The highest BCUT2D eigenvalue weighted by Crippen LogP contribution is 2.50. The molecule has 1 fully saturated rings. The van der Waals surface area contributed by atoms with E-state index >= 15 is 0 Å². The molecule has 4 atom stereocenters. The first-order chi connectivity index (χ1) is 19.6. The highest BCUT2D eigenvalue weighted by atomic mass is 32.1. The number of alkyl halides is 3. The van der Waals surface area contributed by atoms with Gasteiger partial charge >= 0.3 is 6.18 Å². The van der Waals surface area contributed by atoms with E-state index in [0.29, 0.717) is 28.9 Å². The van der Waals surface area contributed by atoms with E-state index in [4.69, 9.17) is 18.9 Å². The SMILES string of the molecule is COc1ccc(CNc2csc([C@]34CO[C@@H](C)C[C@H]3[C@@H](C(F)(F)F)OC(NC(=O)c3ccccc3)=N4)n2)c(OC)c1. The quantitative estimate of drug-likeness (QED) is 0.393. The van der Waals surface area contributed by atoms with Crippen molar-refractivity contribution in [1.29, 1.82) is 0 Å². The molecule has 3 aromatic rings. The molecule has 0 unspecified atom stereocenters. The summed E-state index contributed by atoms with van der Waals surface area (Å²) in [6, 6.07) is 13.0. The largest absolute Gasteiger partial charge is 0.497 e. The van der Waals surface area contributed by atoms with Gasteiger partial charge in [-0.1, -0.05) is 18.2 Å². The van der Waals surface area contributed by atoms with Gasteiger partial charge in [-0.2, -0.15) is 13.2 Å². The van der Waals surface area contributed by atoms with Gasteiger partial charge in [0.1, 0.15) is 27.9 Å². The van der Waals surface area contributed by atoms with Crippen LogP contribution in [0.25, 0.3) is 0 Å². The van der Waals surface area contributed by atoms with Crippen LogP contribution in [0.3, 0.4) is 0 Å². The molecule has 9 nitrogen and oxygen atoms in total. The van der Waals surface area contributed by atoms with Crippen molar-refractivity contribution in [3.63, 3.8) is 0 Å². The van der Waals surface area contributed by atoms with Crippen molar-refractivity contribution in [2.75, 3.05) is 26.1 Å². The first kappa shape index (κ1) is 28.7. The highest BCUT2D eigenvalue weighted by molar-refractivity contribution is 7.10. The number of anilines is 1. The lowest BCUT2D eigenvalue weighted by molar-refractivity contribution is -0.241. The number of hydrogen-bond acceptors (Lipinski definition) is 9. The van der Waals surface area contributed by atoms with Crippen LogP contribution < -0.4 is 20.1 Å². The lowest BCUT2D eigenvalue weighted by Gasteiger charge is -2.48. The molecule has 0 radical (unpaired) electrons. The number of benzene rings is 2. The molecule has 0 saturated carbocycles. The van der Waals surface area contributed by atoms with Gasteiger partial charge < -0.3 is 24.3 Å². The van der Waals surface area contributed by atoms with E-state index in [1.54, 1.807) is 69.0 Å². The molecule has 218 valence electrons. The average molecular weight is 591 g/mol.